The second kappa shape index (κ2) is 3.09. The maximum Gasteiger partial charge on any atom is 0.123 e. The van der Waals surface area contributed by atoms with Gasteiger partial charge < -0.3 is 0 Å². The summed E-state index contributed by atoms with van der Waals surface area (Å²) in [4.78, 5) is 6.73. The predicted molar refractivity (Wildman–Crippen MR) is 63.7 cm³/mol. The van der Waals surface area contributed by atoms with E-state index >= 15 is 0 Å². The number of nitrogens with zero attached hydrogens (tertiary/aromatic N) is 1. The van der Waals surface area contributed by atoms with Gasteiger partial charge in [0.05, 0.1) is 0 Å². The van der Waals surface area contributed by atoms with Crippen LogP contribution in [0.15, 0.2) is 18.3 Å². The number of aromatic nitrogens is 1. The second-order valence-corrected chi connectivity index (χ2v) is 5.55. The standard InChI is InChI=1S/C11H12BNS/c1-11(2,3)9-5-7-4-8(12)6-13-10(7)14-9/h4-6H,1-3H3. The lowest BCUT2D eigenvalue weighted by Gasteiger charge is -2.14. The number of fused-ring (bicyclic) bond motifs is 1. The van der Waals surface area contributed by atoms with E-state index in [1.165, 1.54) is 4.88 Å². The van der Waals surface area contributed by atoms with Crippen molar-refractivity contribution in [3.05, 3.63) is 23.2 Å². The van der Waals surface area contributed by atoms with Gasteiger partial charge in [0.25, 0.3) is 0 Å². The minimum absolute atomic E-state index is 0.195. The molecule has 0 aliphatic carbocycles. The van der Waals surface area contributed by atoms with Gasteiger partial charge in [-0.2, -0.15) is 0 Å². The van der Waals surface area contributed by atoms with Crippen LogP contribution in [0.4, 0.5) is 0 Å². The minimum Gasteiger partial charge on any atom is -0.246 e. The first-order valence-corrected chi connectivity index (χ1v) is 5.44. The molecule has 1 nitrogen and oxygen atoms in total. The maximum absolute atomic E-state index is 5.68. The van der Waals surface area contributed by atoms with Crippen LogP contribution in [-0.2, 0) is 5.41 Å². The van der Waals surface area contributed by atoms with E-state index in [1.54, 1.807) is 17.5 Å². The first-order valence-electron chi connectivity index (χ1n) is 4.62. The molecule has 2 aromatic rings. The van der Waals surface area contributed by atoms with Gasteiger partial charge in [-0.25, -0.2) is 4.98 Å². The maximum atomic E-state index is 5.68. The first kappa shape index (κ1) is 9.72. The molecule has 0 atom stereocenters. The van der Waals surface area contributed by atoms with E-state index in [0.29, 0.717) is 0 Å². The summed E-state index contributed by atoms with van der Waals surface area (Å²) in [6.07, 6.45) is 1.71. The lowest BCUT2D eigenvalue weighted by Crippen LogP contribution is -2.07. The van der Waals surface area contributed by atoms with E-state index in [0.717, 1.165) is 15.7 Å². The zero-order valence-electron chi connectivity index (χ0n) is 8.66. The molecular weight excluding hydrogens is 189 g/mol. The van der Waals surface area contributed by atoms with E-state index in [2.05, 4.69) is 31.8 Å². The molecule has 0 saturated heterocycles. The highest BCUT2D eigenvalue weighted by atomic mass is 32.1. The lowest BCUT2D eigenvalue weighted by atomic mass is 9.93. The van der Waals surface area contributed by atoms with Crippen LogP contribution >= 0.6 is 11.3 Å². The van der Waals surface area contributed by atoms with E-state index in [1.807, 2.05) is 6.07 Å². The highest BCUT2D eigenvalue weighted by molar-refractivity contribution is 7.18. The van der Waals surface area contributed by atoms with Gasteiger partial charge in [0, 0.05) is 16.5 Å². The topological polar surface area (TPSA) is 12.9 Å². The summed E-state index contributed by atoms with van der Waals surface area (Å²) < 4.78 is 0. The Hall–Kier alpha value is -0.825. The third-order valence-corrected chi connectivity index (χ3v) is 3.62. The Bertz CT molecular complexity index is 468. The van der Waals surface area contributed by atoms with Gasteiger partial charge in [-0.1, -0.05) is 32.3 Å². The van der Waals surface area contributed by atoms with Gasteiger partial charge in [-0.3, -0.25) is 0 Å². The average molecular weight is 201 g/mol. The van der Waals surface area contributed by atoms with Crippen molar-refractivity contribution < 1.29 is 0 Å². The zero-order valence-corrected chi connectivity index (χ0v) is 9.48. The van der Waals surface area contributed by atoms with Gasteiger partial charge >= 0.3 is 0 Å². The normalized spacial score (nSPS) is 12.2. The van der Waals surface area contributed by atoms with Crippen molar-refractivity contribution >= 4 is 34.9 Å². The van der Waals surface area contributed by atoms with Crippen molar-refractivity contribution in [1.29, 1.82) is 0 Å². The summed E-state index contributed by atoms with van der Waals surface area (Å²) in [6, 6.07) is 4.16. The smallest absolute Gasteiger partial charge is 0.123 e. The fourth-order valence-electron chi connectivity index (χ4n) is 1.32. The van der Waals surface area contributed by atoms with Gasteiger partial charge in [0.2, 0.25) is 0 Å². The molecule has 2 aromatic heterocycles. The summed E-state index contributed by atoms with van der Waals surface area (Å²) in [7, 11) is 5.68. The summed E-state index contributed by atoms with van der Waals surface area (Å²) in [5.41, 5.74) is 0.927. The first-order chi connectivity index (χ1) is 6.47. The van der Waals surface area contributed by atoms with Crippen LogP contribution in [0.1, 0.15) is 25.6 Å². The number of hydrogen-bond acceptors (Lipinski definition) is 2. The SMILES string of the molecule is [B]c1cnc2sc(C(C)(C)C)cc2c1. The van der Waals surface area contributed by atoms with Gasteiger partial charge in [-0.15, -0.1) is 11.3 Å². The van der Waals surface area contributed by atoms with Crippen molar-refractivity contribution in [2.24, 2.45) is 0 Å². The summed E-state index contributed by atoms with van der Waals surface area (Å²) in [5, 5.41) is 1.15. The van der Waals surface area contributed by atoms with Crippen LogP contribution in [0.5, 0.6) is 0 Å². The van der Waals surface area contributed by atoms with Crippen LogP contribution in [0.25, 0.3) is 10.2 Å². The Morgan fingerprint density at radius 3 is 2.64 bits per heavy atom. The predicted octanol–water partition coefficient (Wildman–Crippen LogP) is 2.39. The number of thiophene rings is 1. The van der Waals surface area contributed by atoms with E-state index in [4.69, 9.17) is 7.85 Å². The molecule has 2 heterocycles. The minimum atomic E-state index is 0.195. The van der Waals surface area contributed by atoms with Crippen LogP contribution in [0, 0.1) is 0 Å². The molecule has 0 saturated carbocycles. The summed E-state index contributed by atoms with van der Waals surface area (Å²) >= 11 is 1.75. The fourth-order valence-corrected chi connectivity index (χ4v) is 2.36. The van der Waals surface area contributed by atoms with E-state index in [9.17, 15) is 0 Å². The van der Waals surface area contributed by atoms with Crippen LogP contribution in [-0.4, -0.2) is 12.8 Å². The fraction of sp³-hybridized carbons (Fsp3) is 0.364. The molecule has 0 N–H and O–H groups in total. The molecule has 2 rings (SSSR count). The molecule has 0 bridgehead atoms. The summed E-state index contributed by atoms with van der Waals surface area (Å²) in [6.45, 7) is 6.63. The van der Waals surface area contributed by atoms with Crippen molar-refractivity contribution in [3.63, 3.8) is 0 Å². The summed E-state index contributed by atoms with van der Waals surface area (Å²) in [5.74, 6) is 0. The van der Waals surface area contributed by atoms with Crippen molar-refractivity contribution in [2.75, 3.05) is 0 Å². The van der Waals surface area contributed by atoms with Gasteiger partial charge in [0.1, 0.15) is 12.7 Å². The Morgan fingerprint density at radius 2 is 2.00 bits per heavy atom. The third-order valence-electron chi connectivity index (χ3n) is 2.13. The van der Waals surface area contributed by atoms with Crippen LogP contribution in [0.3, 0.4) is 0 Å². The molecule has 3 heteroatoms. The molecule has 0 spiro atoms. The van der Waals surface area contributed by atoms with Crippen molar-refractivity contribution in [1.82, 2.24) is 4.98 Å². The lowest BCUT2D eigenvalue weighted by molar-refractivity contribution is 0.604. The Balaban J connectivity index is 2.63. The molecule has 0 aromatic carbocycles. The molecule has 0 unspecified atom stereocenters. The number of rotatable bonds is 0. The molecule has 0 amide bonds. The second-order valence-electron chi connectivity index (χ2n) is 4.52. The highest BCUT2D eigenvalue weighted by Gasteiger charge is 2.16. The van der Waals surface area contributed by atoms with Crippen LogP contribution in [0.2, 0.25) is 0 Å². The Kier molecular flexibility index (Phi) is 2.15. The molecule has 0 aliphatic rings. The molecule has 70 valence electrons. The van der Waals surface area contributed by atoms with Crippen LogP contribution < -0.4 is 5.46 Å². The quantitative estimate of drug-likeness (QED) is 0.596. The van der Waals surface area contributed by atoms with Gasteiger partial charge in [-0.05, 0) is 11.5 Å². The highest BCUT2D eigenvalue weighted by Crippen LogP contribution is 2.32. The Morgan fingerprint density at radius 1 is 1.29 bits per heavy atom. The zero-order chi connectivity index (χ0) is 10.3. The molecule has 14 heavy (non-hydrogen) atoms. The average Bonchev–Trinajstić information content (AvgIpc) is 2.45. The van der Waals surface area contributed by atoms with Crippen molar-refractivity contribution in [2.45, 2.75) is 26.2 Å². The Labute approximate surface area is 89.6 Å². The third kappa shape index (κ3) is 1.69. The number of hydrogen-bond donors (Lipinski definition) is 0. The number of pyridine rings is 1. The molecular formula is C11H12BNS. The van der Waals surface area contributed by atoms with E-state index in [-0.39, 0.29) is 5.41 Å². The largest absolute Gasteiger partial charge is 0.246 e. The molecule has 0 fully saturated rings. The molecule has 0 aliphatic heterocycles. The molecule has 2 radical (unpaired) electrons. The monoisotopic (exact) mass is 201 g/mol. The van der Waals surface area contributed by atoms with Gasteiger partial charge in [0.15, 0.2) is 0 Å². The van der Waals surface area contributed by atoms with E-state index < -0.39 is 0 Å². The van der Waals surface area contributed by atoms with Crippen molar-refractivity contribution in [3.8, 4) is 0 Å².